The van der Waals surface area contributed by atoms with Crippen LogP contribution in [0.15, 0.2) is 34.9 Å². The molecule has 0 aliphatic carbocycles. The lowest BCUT2D eigenvalue weighted by Crippen LogP contribution is -2.00. The van der Waals surface area contributed by atoms with Crippen molar-refractivity contribution in [3.05, 3.63) is 47.4 Å². The van der Waals surface area contributed by atoms with Gasteiger partial charge >= 0.3 is 5.97 Å². The van der Waals surface area contributed by atoms with Gasteiger partial charge in [0.05, 0.1) is 6.26 Å². The molecule has 0 fully saturated rings. The van der Waals surface area contributed by atoms with E-state index in [9.17, 15) is 4.79 Å². The Labute approximate surface area is 97.6 Å². The number of nitrogen functional groups attached to an aromatic ring is 2. The number of rotatable bonds is 3. The minimum absolute atomic E-state index is 0.158. The molecule has 2 rings (SSSR count). The third kappa shape index (κ3) is 2.39. The molecule has 0 radical (unpaired) electrons. The normalized spacial score (nSPS) is 10.4. The third-order valence-electron chi connectivity index (χ3n) is 2.38. The molecule has 2 aromatic rings. The van der Waals surface area contributed by atoms with E-state index in [2.05, 4.69) is 0 Å². The quantitative estimate of drug-likeness (QED) is 0.699. The van der Waals surface area contributed by atoms with Gasteiger partial charge in [-0.15, -0.1) is 0 Å². The highest BCUT2D eigenvalue weighted by Crippen LogP contribution is 2.20. The van der Waals surface area contributed by atoms with Gasteiger partial charge in [0.2, 0.25) is 0 Å². The number of carboxylic acids is 1. The summed E-state index contributed by atoms with van der Waals surface area (Å²) in [6.45, 7) is 0. The Balaban J connectivity index is 2.31. The molecule has 1 aromatic carbocycles. The van der Waals surface area contributed by atoms with Crippen molar-refractivity contribution in [2.45, 2.75) is 6.42 Å². The van der Waals surface area contributed by atoms with E-state index in [4.69, 9.17) is 21.0 Å². The highest BCUT2D eigenvalue weighted by atomic mass is 16.4. The molecule has 1 aromatic heterocycles. The van der Waals surface area contributed by atoms with Crippen LogP contribution in [0.1, 0.15) is 21.7 Å². The number of aromatic carboxylic acids is 1. The second-order valence-electron chi connectivity index (χ2n) is 3.75. The second-order valence-corrected chi connectivity index (χ2v) is 3.75. The number of hydrogen-bond acceptors (Lipinski definition) is 4. The first-order valence-corrected chi connectivity index (χ1v) is 5.01. The van der Waals surface area contributed by atoms with Gasteiger partial charge in [0.25, 0.3) is 0 Å². The van der Waals surface area contributed by atoms with Gasteiger partial charge in [-0.3, -0.25) is 0 Å². The lowest BCUT2D eigenvalue weighted by atomic mass is 10.1. The summed E-state index contributed by atoms with van der Waals surface area (Å²) in [6.07, 6.45) is 1.71. The highest BCUT2D eigenvalue weighted by Gasteiger charge is 2.13. The zero-order chi connectivity index (χ0) is 12.4. The number of hydrogen-bond donors (Lipinski definition) is 3. The average molecular weight is 232 g/mol. The van der Waals surface area contributed by atoms with Crippen molar-refractivity contribution in [2.75, 3.05) is 11.5 Å². The summed E-state index contributed by atoms with van der Waals surface area (Å²) in [7, 11) is 0. The number of carbonyl (C=O) groups is 1. The largest absolute Gasteiger partial charge is 0.478 e. The lowest BCUT2D eigenvalue weighted by molar-refractivity contribution is 0.0694. The van der Waals surface area contributed by atoms with Gasteiger partial charge in [0.15, 0.2) is 0 Å². The average Bonchev–Trinajstić information content (AvgIpc) is 2.63. The van der Waals surface area contributed by atoms with Gasteiger partial charge in [0.1, 0.15) is 11.3 Å². The van der Waals surface area contributed by atoms with E-state index >= 15 is 0 Å². The molecule has 5 N–H and O–H groups in total. The number of nitrogens with two attached hydrogens (primary N) is 2. The van der Waals surface area contributed by atoms with Crippen LogP contribution >= 0.6 is 0 Å². The zero-order valence-electron chi connectivity index (χ0n) is 9.01. The molecule has 17 heavy (non-hydrogen) atoms. The van der Waals surface area contributed by atoms with Gasteiger partial charge in [0, 0.05) is 17.8 Å². The summed E-state index contributed by atoms with van der Waals surface area (Å²) in [5, 5.41) is 8.93. The summed E-state index contributed by atoms with van der Waals surface area (Å²) in [4.78, 5) is 10.9. The maximum atomic E-state index is 10.9. The molecule has 0 atom stereocenters. The van der Waals surface area contributed by atoms with Gasteiger partial charge in [-0.25, -0.2) is 4.79 Å². The summed E-state index contributed by atoms with van der Waals surface area (Å²) in [5.41, 5.74) is 13.4. The summed E-state index contributed by atoms with van der Waals surface area (Å²) in [6, 6.07) is 6.55. The van der Waals surface area contributed by atoms with Crippen LogP contribution in [0.4, 0.5) is 11.4 Å². The van der Waals surface area contributed by atoms with E-state index < -0.39 is 5.97 Å². The molecule has 88 valence electrons. The smallest absolute Gasteiger partial charge is 0.339 e. The lowest BCUT2D eigenvalue weighted by Gasteiger charge is -2.03. The Kier molecular flexibility index (Phi) is 2.74. The fraction of sp³-hybridized carbons (Fsp3) is 0.0833. The molecule has 0 spiro atoms. The van der Waals surface area contributed by atoms with Crippen molar-refractivity contribution in [1.82, 2.24) is 0 Å². The van der Waals surface area contributed by atoms with Crippen LogP contribution < -0.4 is 11.5 Å². The van der Waals surface area contributed by atoms with Crippen LogP contribution in [-0.2, 0) is 6.42 Å². The Morgan fingerprint density at radius 1 is 1.24 bits per heavy atom. The molecular weight excluding hydrogens is 220 g/mol. The zero-order valence-corrected chi connectivity index (χ0v) is 9.01. The molecule has 0 bridgehead atoms. The van der Waals surface area contributed by atoms with Crippen molar-refractivity contribution in [3.63, 3.8) is 0 Å². The molecule has 0 aliphatic heterocycles. The molecule has 1 heterocycles. The first kappa shape index (κ1) is 11.1. The Bertz CT molecular complexity index is 540. The van der Waals surface area contributed by atoms with Crippen LogP contribution in [0.2, 0.25) is 0 Å². The standard InChI is InChI=1S/C12H12N2O3/c13-8-3-7(4-9(14)6-8)5-11-10(12(15)16)1-2-17-11/h1-4,6H,5,13-14H2,(H,15,16). The molecule has 5 heteroatoms. The first-order chi connectivity index (χ1) is 8.06. The number of anilines is 2. The molecule has 0 amide bonds. The highest BCUT2D eigenvalue weighted by molar-refractivity contribution is 5.88. The Morgan fingerprint density at radius 3 is 2.47 bits per heavy atom. The minimum Gasteiger partial charge on any atom is -0.478 e. The molecule has 0 unspecified atom stereocenters. The second kappa shape index (κ2) is 4.21. The monoisotopic (exact) mass is 232 g/mol. The Hall–Kier alpha value is -2.43. The van der Waals surface area contributed by atoms with Crippen LogP contribution in [0.3, 0.4) is 0 Å². The van der Waals surface area contributed by atoms with E-state index in [1.807, 2.05) is 0 Å². The van der Waals surface area contributed by atoms with E-state index in [0.717, 1.165) is 5.56 Å². The SMILES string of the molecule is Nc1cc(N)cc(Cc2occc2C(=O)O)c1. The first-order valence-electron chi connectivity index (χ1n) is 5.01. The minimum atomic E-state index is -1.01. The van der Waals surface area contributed by atoms with Crippen molar-refractivity contribution in [2.24, 2.45) is 0 Å². The molecule has 0 aliphatic rings. The van der Waals surface area contributed by atoms with Crippen molar-refractivity contribution in [3.8, 4) is 0 Å². The van der Waals surface area contributed by atoms with Crippen LogP contribution in [-0.4, -0.2) is 11.1 Å². The molecule has 0 saturated heterocycles. The van der Waals surface area contributed by atoms with E-state index in [0.29, 0.717) is 23.6 Å². The molecule has 5 nitrogen and oxygen atoms in total. The van der Waals surface area contributed by atoms with E-state index in [1.165, 1.54) is 12.3 Å². The van der Waals surface area contributed by atoms with Crippen LogP contribution in [0.25, 0.3) is 0 Å². The van der Waals surface area contributed by atoms with Crippen molar-refractivity contribution < 1.29 is 14.3 Å². The summed E-state index contributed by atoms with van der Waals surface area (Å²) >= 11 is 0. The van der Waals surface area contributed by atoms with E-state index in [-0.39, 0.29) is 5.56 Å². The van der Waals surface area contributed by atoms with Crippen LogP contribution in [0.5, 0.6) is 0 Å². The predicted octanol–water partition coefficient (Wildman–Crippen LogP) is 1.73. The van der Waals surface area contributed by atoms with Gasteiger partial charge < -0.3 is 21.0 Å². The fourth-order valence-electron chi connectivity index (χ4n) is 1.70. The third-order valence-corrected chi connectivity index (χ3v) is 2.38. The summed E-state index contributed by atoms with van der Waals surface area (Å²) in [5.74, 6) is -0.617. The molecule has 0 saturated carbocycles. The topological polar surface area (TPSA) is 102 Å². The maximum Gasteiger partial charge on any atom is 0.339 e. The number of carboxylic acid groups (broad SMARTS) is 1. The Morgan fingerprint density at radius 2 is 1.88 bits per heavy atom. The van der Waals surface area contributed by atoms with Gasteiger partial charge in [-0.05, 0) is 29.8 Å². The summed E-state index contributed by atoms with van der Waals surface area (Å²) < 4.78 is 5.15. The number of benzene rings is 1. The van der Waals surface area contributed by atoms with Crippen molar-refractivity contribution >= 4 is 17.3 Å². The van der Waals surface area contributed by atoms with Gasteiger partial charge in [-0.1, -0.05) is 0 Å². The maximum absolute atomic E-state index is 10.9. The van der Waals surface area contributed by atoms with Gasteiger partial charge in [-0.2, -0.15) is 0 Å². The fourth-order valence-corrected chi connectivity index (χ4v) is 1.70. The predicted molar refractivity (Wildman–Crippen MR) is 63.7 cm³/mol. The molecular formula is C12H12N2O3. The number of furan rings is 1. The van der Waals surface area contributed by atoms with E-state index in [1.54, 1.807) is 18.2 Å². The van der Waals surface area contributed by atoms with Crippen molar-refractivity contribution in [1.29, 1.82) is 0 Å². The van der Waals surface area contributed by atoms with Crippen LogP contribution in [0, 0.1) is 0 Å².